The van der Waals surface area contributed by atoms with E-state index in [2.05, 4.69) is 6.07 Å². The maximum absolute atomic E-state index is 12.9. The topological polar surface area (TPSA) is 46.6 Å². The molecular weight excluding hydrogens is 310 g/mol. The highest BCUT2D eigenvalue weighted by Crippen LogP contribution is 2.37. The molecule has 0 unspecified atom stereocenters. The minimum absolute atomic E-state index is 0.00735. The van der Waals surface area contributed by atoms with Gasteiger partial charge in [-0.05, 0) is 64.3 Å². The minimum Gasteiger partial charge on any atom is -0.458 e. The number of hydrogen-bond acceptors (Lipinski definition) is 4. The second kappa shape index (κ2) is 6.27. The van der Waals surface area contributed by atoms with Crippen molar-refractivity contribution in [3.8, 4) is 0 Å². The van der Waals surface area contributed by atoms with Crippen LogP contribution in [0.2, 0.25) is 0 Å². The van der Waals surface area contributed by atoms with Crippen molar-refractivity contribution in [1.82, 2.24) is 4.90 Å². The summed E-state index contributed by atoms with van der Waals surface area (Å²) < 4.78 is 5.53. The first-order valence-electron chi connectivity index (χ1n) is 8.42. The van der Waals surface area contributed by atoms with Crippen LogP contribution in [-0.2, 0) is 20.7 Å². The first kappa shape index (κ1) is 16.5. The van der Waals surface area contributed by atoms with Gasteiger partial charge in [-0.1, -0.05) is 6.07 Å². The Morgan fingerprint density at radius 2 is 2.04 bits per heavy atom. The number of piperidine rings is 1. The van der Waals surface area contributed by atoms with Crippen molar-refractivity contribution in [2.45, 2.75) is 70.6 Å². The summed E-state index contributed by atoms with van der Waals surface area (Å²) in [6.07, 6.45) is 4.37. The van der Waals surface area contributed by atoms with Crippen molar-refractivity contribution in [2.75, 3.05) is 0 Å². The number of thiophene rings is 1. The monoisotopic (exact) mass is 335 g/mol. The van der Waals surface area contributed by atoms with Gasteiger partial charge in [-0.25, -0.2) is 4.79 Å². The zero-order valence-electron chi connectivity index (χ0n) is 14.1. The first-order chi connectivity index (χ1) is 10.8. The molecule has 1 aromatic heterocycles. The number of nitrogens with zero attached hydrogens (tertiary/aromatic N) is 1. The summed E-state index contributed by atoms with van der Waals surface area (Å²) in [5.74, 6) is -0.0962. The lowest BCUT2D eigenvalue weighted by atomic mass is 9.89. The lowest BCUT2D eigenvalue weighted by Gasteiger charge is -2.38. The zero-order valence-corrected chi connectivity index (χ0v) is 14.9. The van der Waals surface area contributed by atoms with Gasteiger partial charge in [0.05, 0.1) is 0 Å². The van der Waals surface area contributed by atoms with Gasteiger partial charge in [-0.2, -0.15) is 0 Å². The van der Waals surface area contributed by atoms with Crippen molar-refractivity contribution < 1.29 is 14.3 Å². The van der Waals surface area contributed by atoms with Gasteiger partial charge in [0.15, 0.2) is 0 Å². The van der Waals surface area contributed by atoms with E-state index >= 15 is 0 Å². The number of ether oxygens (including phenoxy) is 1. The van der Waals surface area contributed by atoms with Crippen LogP contribution in [0.5, 0.6) is 0 Å². The molecule has 5 heteroatoms. The molecule has 0 radical (unpaired) electrons. The van der Waals surface area contributed by atoms with Gasteiger partial charge in [0, 0.05) is 16.8 Å². The molecule has 0 aromatic carbocycles. The van der Waals surface area contributed by atoms with E-state index in [0.29, 0.717) is 0 Å². The molecule has 0 bridgehead atoms. The van der Waals surface area contributed by atoms with Gasteiger partial charge in [0.1, 0.15) is 11.6 Å². The van der Waals surface area contributed by atoms with Crippen LogP contribution < -0.4 is 0 Å². The van der Waals surface area contributed by atoms with E-state index in [1.807, 2.05) is 37.1 Å². The lowest BCUT2D eigenvalue weighted by molar-refractivity contribution is -0.166. The average Bonchev–Trinajstić information content (AvgIpc) is 3.09. The van der Waals surface area contributed by atoms with Crippen molar-refractivity contribution in [3.05, 3.63) is 22.4 Å². The number of carbonyl (C=O) groups is 2. The quantitative estimate of drug-likeness (QED) is 0.795. The number of amides is 1. The molecule has 3 rings (SSSR count). The Labute approximate surface area is 141 Å². The van der Waals surface area contributed by atoms with Gasteiger partial charge in [0.25, 0.3) is 0 Å². The maximum Gasteiger partial charge on any atom is 0.329 e. The molecule has 3 atom stereocenters. The Morgan fingerprint density at radius 1 is 1.30 bits per heavy atom. The predicted octanol–water partition coefficient (Wildman–Crippen LogP) is 3.40. The highest BCUT2D eigenvalue weighted by atomic mass is 32.1. The van der Waals surface area contributed by atoms with Gasteiger partial charge < -0.3 is 9.64 Å². The molecule has 0 spiro atoms. The summed E-state index contributed by atoms with van der Waals surface area (Å²) in [6.45, 7) is 5.61. The van der Waals surface area contributed by atoms with Gasteiger partial charge in [-0.15, -0.1) is 11.3 Å². The maximum atomic E-state index is 12.9. The highest BCUT2D eigenvalue weighted by molar-refractivity contribution is 7.09. The summed E-state index contributed by atoms with van der Waals surface area (Å²) >= 11 is 1.70. The third-order valence-electron chi connectivity index (χ3n) is 4.66. The van der Waals surface area contributed by atoms with Crippen LogP contribution in [0.3, 0.4) is 0 Å². The van der Waals surface area contributed by atoms with Crippen LogP contribution in [0.4, 0.5) is 0 Å². The van der Waals surface area contributed by atoms with E-state index in [9.17, 15) is 9.59 Å². The summed E-state index contributed by atoms with van der Waals surface area (Å²) in [7, 11) is 0. The minimum atomic E-state index is -0.510. The number of esters is 1. The van der Waals surface area contributed by atoms with E-state index in [4.69, 9.17) is 4.74 Å². The first-order valence-corrected chi connectivity index (χ1v) is 9.30. The van der Waals surface area contributed by atoms with E-state index in [0.717, 1.165) is 32.1 Å². The molecule has 2 aliphatic rings. The summed E-state index contributed by atoms with van der Waals surface area (Å²) in [6, 6.07) is 3.94. The normalized spacial score (nSPS) is 27.9. The Hall–Kier alpha value is -1.36. The summed E-state index contributed by atoms with van der Waals surface area (Å²) in [5, 5.41) is 2.05. The average molecular weight is 335 g/mol. The van der Waals surface area contributed by atoms with E-state index in [1.165, 1.54) is 4.88 Å². The third-order valence-corrected chi connectivity index (χ3v) is 5.56. The second-order valence-electron chi connectivity index (χ2n) is 7.58. The number of rotatable bonds is 3. The molecule has 1 amide bonds. The second-order valence-corrected chi connectivity index (χ2v) is 8.62. The fourth-order valence-corrected chi connectivity index (χ4v) is 4.48. The van der Waals surface area contributed by atoms with Gasteiger partial charge >= 0.3 is 5.97 Å². The Balaban J connectivity index is 1.71. The Kier molecular flexibility index (Phi) is 4.50. The van der Waals surface area contributed by atoms with Crippen LogP contribution in [0.15, 0.2) is 17.5 Å². The molecule has 0 aliphatic carbocycles. The van der Waals surface area contributed by atoms with Crippen molar-refractivity contribution in [3.63, 3.8) is 0 Å². The number of hydrogen-bond donors (Lipinski definition) is 0. The molecular formula is C18H25NO3S. The summed E-state index contributed by atoms with van der Waals surface area (Å²) in [5.41, 5.74) is -0.510. The molecule has 23 heavy (non-hydrogen) atoms. The Bertz CT molecular complexity index is 576. The molecule has 0 saturated carbocycles. The highest BCUT2D eigenvalue weighted by Gasteiger charge is 2.47. The fourth-order valence-electron chi connectivity index (χ4n) is 3.69. The van der Waals surface area contributed by atoms with Crippen LogP contribution in [-0.4, -0.2) is 34.5 Å². The van der Waals surface area contributed by atoms with Crippen molar-refractivity contribution in [1.29, 1.82) is 0 Å². The molecule has 1 aromatic rings. The predicted molar refractivity (Wildman–Crippen MR) is 90.2 cm³/mol. The zero-order chi connectivity index (χ0) is 16.6. The number of carbonyl (C=O) groups excluding carboxylic acids is 2. The molecule has 3 heterocycles. The fraction of sp³-hybridized carbons (Fsp3) is 0.667. The number of fused-ring (bicyclic) bond motifs is 1. The van der Waals surface area contributed by atoms with Crippen LogP contribution >= 0.6 is 11.3 Å². The van der Waals surface area contributed by atoms with Crippen molar-refractivity contribution in [2.24, 2.45) is 5.92 Å². The van der Waals surface area contributed by atoms with Crippen LogP contribution in [0.1, 0.15) is 51.3 Å². The van der Waals surface area contributed by atoms with Crippen molar-refractivity contribution >= 4 is 23.2 Å². The van der Waals surface area contributed by atoms with E-state index in [1.54, 1.807) is 11.3 Å². The van der Waals surface area contributed by atoms with Gasteiger partial charge in [-0.3, -0.25) is 4.79 Å². The SMILES string of the molecule is CC(C)(C)OC(=O)[C@@H]1CC[C@H]2CC[C@H](Cc3cccs3)C(=O)N21. The Morgan fingerprint density at radius 3 is 2.70 bits per heavy atom. The molecule has 2 saturated heterocycles. The molecule has 126 valence electrons. The van der Waals surface area contributed by atoms with Crippen LogP contribution in [0, 0.1) is 5.92 Å². The smallest absolute Gasteiger partial charge is 0.329 e. The van der Waals surface area contributed by atoms with Gasteiger partial charge in [0.2, 0.25) is 5.91 Å². The van der Waals surface area contributed by atoms with E-state index in [-0.39, 0.29) is 23.8 Å². The van der Waals surface area contributed by atoms with Crippen LogP contribution in [0.25, 0.3) is 0 Å². The molecule has 4 nitrogen and oxygen atoms in total. The molecule has 2 aliphatic heterocycles. The molecule has 0 N–H and O–H groups in total. The summed E-state index contributed by atoms with van der Waals surface area (Å²) in [4.78, 5) is 28.5. The third kappa shape index (κ3) is 3.60. The largest absolute Gasteiger partial charge is 0.458 e. The van der Waals surface area contributed by atoms with E-state index < -0.39 is 11.6 Å². The lowest BCUT2D eigenvalue weighted by Crippen LogP contribution is -2.52. The standard InChI is InChI=1S/C18H25NO3S/c1-18(2,3)22-17(21)15-9-8-13-7-6-12(16(20)19(13)15)11-14-5-4-10-23-14/h4-5,10,12-13,15H,6-9,11H2,1-3H3/t12-,13-,15+/m1/s1. The molecule has 2 fully saturated rings.